The minimum absolute atomic E-state index is 0.300. The van der Waals surface area contributed by atoms with Crippen molar-refractivity contribution in [2.75, 3.05) is 13.1 Å². The highest BCUT2D eigenvalue weighted by molar-refractivity contribution is 7.89. The van der Waals surface area contributed by atoms with E-state index in [0.717, 1.165) is 17.5 Å². The van der Waals surface area contributed by atoms with Crippen LogP contribution in [0.2, 0.25) is 0 Å². The first-order chi connectivity index (χ1) is 9.36. The minimum atomic E-state index is -3.43. The SMILES string of the molecule is CCc1ccc(S(=O)(=O)N(CC)CC(C)C)cc1CN. The Labute approximate surface area is 123 Å². The van der Waals surface area contributed by atoms with Gasteiger partial charge in [0.25, 0.3) is 0 Å². The number of rotatable bonds is 7. The molecule has 0 saturated heterocycles. The van der Waals surface area contributed by atoms with Gasteiger partial charge < -0.3 is 5.73 Å². The predicted octanol–water partition coefficient (Wildman–Crippen LogP) is 2.37. The van der Waals surface area contributed by atoms with Crippen molar-refractivity contribution in [2.45, 2.75) is 45.6 Å². The molecule has 0 heterocycles. The lowest BCUT2D eigenvalue weighted by Crippen LogP contribution is -2.34. The van der Waals surface area contributed by atoms with Crippen molar-refractivity contribution in [2.24, 2.45) is 11.7 Å². The summed E-state index contributed by atoms with van der Waals surface area (Å²) in [6.07, 6.45) is 0.857. The summed E-state index contributed by atoms with van der Waals surface area (Å²) in [7, 11) is -3.43. The quantitative estimate of drug-likeness (QED) is 0.840. The molecule has 114 valence electrons. The molecule has 1 aromatic carbocycles. The standard InChI is InChI=1S/C15H26N2O2S/c1-5-13-7-8-15(9-14(13)10-16)20(18,19)17(6-2)11-12(3)4/h7-9,12H,5-6,10-11,16H2,1-4H3. The summed E-state index contributed by atoms with van der Waals surface area (Å²) >= 11 is 0. The normalized spacial score (nSPS) is 12.3. The molecule has 0 unspecified atom stereocenters. The molecule has 1 aromatic rings. The maximum absolute atomic E-state index is 12.7. The Bertz CT molecular complexity index is 539. The van der Waals surface area contributed by atoms with E-state index in [1.54, 1.807) is 12.1 Å². The van der Waals surface area contributed by atoms with Crippen LogP contribution in [0.5, 0.6) is 0 Å². The van der Waals surface area contributed by atoms with E-state index in [1.807, 2.05) is 33.8 Å². The molecule has 1 rings (SSSR count). The highest BCUT2D eigenvalue weighted by atomic mass is 32.2. The van der Waals surface area contributed by atoms with Crippen LogP contribution in [0.25, 0.3) is 0 Å². The lowest BCUT2D eigenvalue weighted by molar-refractivity contribution is 0.381. The van der Waals surface area contributed by atoms with E-state index in [1.165, 1.54) is 4.31 Å². The van der Waals surface area contributed by atoms with Crippen molar-refractivity contribution < 1.29 is 8.42 Å². The van der Waals surface area contributed by atoms with Crippen LogP contribution in [0.1, 0.15) is 38.8 Å². The van der Waals surface area contributed by atoms with E-state index in [2.05, 4.69) is 0 Å². The van der Waals surface area contributed by atoms with Gasteiger partial charge in [-0.15, -0.1) is 0 Å². The molecule has 0 fully saturated rings. The van der Waals surface area contributed by atoms with Gasteiger partial charge in [-0.1, -0.05) is 33.8 Å². The van der Waals surface area contributed by atoms with Gasteiger partial charge in [0.15, 0.2) is 0 Å². The van der Waals surface area contributed by atoms with E-state index >= 15 is 0 Å². The fourth-order valence-corrected chi connectivity index (χ4v) is 3.91. The highest BCUT2D eigenvalue weighted by Gasteiger charge is 2.24. The molecule has 0 aliphatic carbocycles. The fraction of sp³-hybridized carbons (Fsp3) is 0.600. The van der Waals surface area contributed by atoms with Crippen molar-refractivity contribution in [3.63, 3.8) is 0 Å². The molecule has 0 saturated carbocycles. The molecule has 0 radical (unpaired) electrons. The van der Waals surface area contributed by atoms with Crippen LogP contribution in [-0.2, 0) is 23.0 Å². The van der Waals surface area contributed by atoms with Gasteiger partial charge in [-0.05, 0) is 35.6 Å². The first kappa shape index (κ1) is 17.1. The molecule has 4 nitrogen and oxygen atoms in total. The number of nitrogens with two attached hydrogens (primary N) is 1. The predicted molar refractivity (Wildman–Crippen MR) is 83.0 cm³/mol. The molecule has 0 aliphatic rings. The van der Waals surface area contributed by atoms with Crippen molar-refractivity contribution >= 4 is 10.0 Å². The number of aryl methyl sites for hydroxylation is 1. The number of hydrogen-bond donors (Lipinski definition) is 1. The van der Waals surface area contributed by atoms with Crippen LogP contribution >= 0.6 is 0 Å². The molecule has 0 aromatic heterocycles. The topological polar surface area (TPSA) is 63.4 Å². The summed E-state index contributed by atoms with van der Waals surface area (Å²) in [5.74, 6) is 0.300. The van der Waals surface area contributed by atoms with E-state index in [0.29, 0.717) is 30.4 Å². The van der Waals surface area contributed by atoms with Gasteiger partial charge in [0.1, 0.15) is 0 Å². The first-order valence-corrected chi connectivity index (χ1v) is 8.62. The van der Waals surface area contributed by atoms with E-state index in [4.69, 9.17) is 5.73 Å². The Morgan fingerprint density at radius 1 is 1.20 bits per heavy atom. The van der Waals surface area contributed by atoms with Crippen LogP contribution < -0.4 is 5.73 Å². The maximum atomic E-state index is 12.7. The summed E-state index contributed by atoms with van der Waals surface area (Å²) in [5.41, 5.74) is 7.74. The molecule has 0 amide bonds. The fourth-order valence-electron chi connectivity index (χ4n) is 2.25. The summed E-state index contributed by atoms with van der Waals surface area (Å²) < 4.78 is 26.8. The zero-order valence-electron chi connectivity index (χ0n) is 12.9. The van der Waals surface area contributed by atoms with Crippen LogP contribution in [0.3, 0.4) is 0 Å². The summed E-state index contributed by atoms with van der Waals surface area (Å²) in [6, 6.07) is 5.28. The number of benzene rings is 1. The lowest BCUT2D eigenvalue weighted by Gasteiger charge is -2.23. The molecule has 0 bridgehead atoms. The Balaban J connectivity index is 3.20. The molecular formula is C15H26N2O2S. The smallest absolute Gasteiger partial charge is 0.243 e. The molecular weight excluding hydrogens is 272 g/mol. The Hall–Kier alpha value is -0.910. The molecule has 5 heteroatoms. The van der Waals surface area contributed by atoms with E-state index in [-0.39, 0.29) is 0 Å². The molecule has 2 N–H and O–H groups in total. The minimum Gasteiger partial charge on any atom is -0.326 e. The largest absolute Gasteiger partial charge is 0.326 e. The Morgan fingerprint density at radius 3 is 2.30 bits per heavy atom. The van der Waals surface area contributed by atoms with Gasteiger partial charge >= 0.3 is 0 Å². The van der Waals surface area contributed by atoms with Crippen LogP contribution in [0.4, 0.5) is 0 Å². The zero-order valence-corrected chi connectivity index (χ0v) is 13.7. The maximum Gasteiger partial charge on any atom is 0.243 e. The number of sulfonamides is 1. The van der Waals surface area contributed by atoms with Crippen molar-refractivity contribution in [3.8, 4) is 0 Å². The average Bonchev–Trinajstić information content (AvgIpc) is 2.43. The monoisotopic (exact) mass is 298 g/mol. The number of hydrogen-bond acceptors (Lipinski definition) is 3. The molecule has 0 atom stereocenters. The Kier molecular flexibility index (Phi) is 6.17. The van der Waals surface area contributed by atoms with Crippen molar-refractivity contribution in [1.82, 2.24) is 4.31 Å². The average molecular weight is 298 g/mol. The third kappa shape index (κ3) is 3.81. The van der Waals surface area contributed by atoms with Gasteiger partial charge in [-0.3, -0.25) is 0 Å². The van der Waals surface area contributed by atoms with Gasteiger partial charge in [0, 0.05) is 19.6 Å². The second-order valence-corrected chi connectivity index (χ2v) is 7.28. The van der Waals surface area contributed by atoms with Gasteiger partial charge in [-0.2, -0.15) is 4.31 Å². The molecule has 0 aliphatic heterocycles. The second kappa shape index (κ2) is 7.20. The summed E-state index contributed by atoms with van der Waals surface area (Å²) in [5, 5.41) is 0. The van der Waals surface area contributed by atoms with Gasteiger partial charge in [0.2, 0.25) is 10.0 Å². The third-order valence-electron chi connectivity index (χ3n) is 3.34. The van der Waals surface area contributed by atoms with Crippen molar-refractivity contribution in [3.05, 3.63) is 29.3 Å². The van der Waals surface area contributed by atoms with Crippen LogP contribution in [0, 0.1) is 5.92 Å². The second-order valence-electron chi connectivity index (χ2n) is 5.34. The summed E-state index contributed by atoms with van der Waals surface area (Å²) in [4.78, 5) is 0.345. The van der Waals surface area contributed by atoms with Crippen molar-refractivity contribution in [1.29, 1.82) is 0 Å². The summed E-state index contributed by atoms with van der Waals surface area (Å²) in [6.45, 7) is 9.32. The molecule has 0 spiro atoms. The molecule has 20 heavy (non-hydrogen) atoms. The Morgan fingerprint density at radius 2 is 1.85 bits per heavy atom. The van der Waals surface area contributed by atoms with E-state index in [9.17, 15) is 8.42 Å². The van der Waals surface area contributed by atoms with Gasteiger partial charge in [0.05, 0.1) is 4.90 Å². The third-order valence-corrected chi connectivity index (χ3v) is 5.27. The lowest BCUT2D eigenvalue weighted by atomic mass is 10.1. The van der Waals surface area contributed by atoms with Gasteiger partial charge in [-0.25, -0.2) is 8.42 Å². The highest BCUT2D eigenvalue weighted by Crippen LogP contribution is 2.21. The van der Waals surface area contributed by atoms with E-state index < -0.39 is 10.0 Å². The van der Waals surface area contributed by atoms with Crippen LogP contribution in [-0.4, -0.2) is 25.8 Å². The number of nitrogens with zero attached hydrogens (tertiary/aromatic N) is 1. The zero-order chi connectivity index (χ0) is 15.3. The first-order valence-electron chi connectivity index (χ1n) is 7.18. The van der Waals surface area contributed by atoms with Crippen LogP contribution in [0.15, 0.2) is 23.1 Å².